The summed E-state index contributed by atoms with van der Waals surface area (Å²) in [7, 11) is -3.68. The highest BCUT2D eigenvalue weighted by Gasteiger charge is 2.11. The van der Waals surface area contributed by atoms with E-state index in [1.165, 1.54) is 37.8 Å². The second-order valence-electron chi connectivity index (χ2n) is 5.42. The molecular weight excluding hydrogens is 302 g/mol. The minimum Gasteiger partial charge on any atom is -0.334 e. The van der Waals surface area contributed by atoms with Crippen LogP contribution in [-0.2, 0) is 16.6 Å². The number of allylic oxidation sites excluding steroid dienone is 1. The number of carbonyl (C=O) groups is 1. The van der Waals surface area contributed by atoms with Gasteiger partial charge in [-0.15, -0.1) is 0 Å². The van der Waals surface area contributed by atoms with Gasteiger partial charge in [0.25, 0.3) is 0 Å². The van der Waals surface area contributed by atoms with E-state index < -0.39 is 10.0 Å². The van der Waals surface area contributed by atoms with Gasteiger partial charge in [0.15, 0.2) is 0 Å². The van der Waals surface area contributed by atoms with Gasteiger partial charge in [0.2, 0.25) is 10.0 Å². The number of nitrogens with two attached hydrogens (primary N) is 1. The molecule has 2 amide bonds. The fourth-order valence-corrected chi connectivity index (χ4v) is 2.96. The molecule has 0 aliphatic heterocycles. The molecule has 0 radical (unpaired) electrons. The zero-order valence-electron chi connectivity index (χ0n) is 12.3. The van der Waals surface area contributed by atoms with Crippen molar-refractivity contribution in [2.75, 3.05) is 0 Å². The molecule has 1 saturated carbocycles. The number of rotatable bonds is 5. The Morgan fingerprint density at radius 1 is 1.23 bits per heavy atom. The van der Waals surface area contributed by atoms with E-state index in [-0.39, 0.29) is 10.9 Å². The van der Waals surface area contributed by atoms with Crippen LogP contribution >= 0.6 is 0 Å². The normalized spacial score (nSPS) is 16.0. The van der Waals surface area contributed by atoms with Gasteiger partial charge in [-0.2, -0.15) is 0 Å². The summed E-state index contributed by atoms with van der Waals surface area (Å²) in [5.74, 6) is 0.575. The van der Waals surface area contributed by atoms with Gasteiger partial charge in [-0.25, -0.2) is 18.4 Å². The molecule has 0 saturated heterocycles. The lowest BCUT2D eigenvalue weighted by atomic mass is 10.1. The van der Waals surface area contributed by atoms with Crippen molar-refractivity contribution >= 4 is 16.1 Å². The lowest BCUT2D eigenvalue weighted by Crippen LogP contribution is -2.31. The van der Waals surface area contributed by atoms with E-state index >= 15 is 0 Å². The average molecular weight is 323 g/mol. The molecular formula is C15H21N3O3S. The highest BCUT2D eigenvalue weighted by atomic mass is 32.2. The van der Waals surface area contributed by atoms with E-state index in [0.717, 1.165) is 5.56 Å². The van der Waals surface area contributed by atoms with Crippen LogP contribution in [-0.4, -0.2) is 14.4 Å². The molecule has 1 fully saturated rings. The molecule has 2 rings (SSSR count). The largest absolute Gasteiger partial charge is 0.334 e. The van der Waals surface area contributed by atoms with Crippen molar-refractivity contribution in [2.24, 2.45) is 11.1 Å². The van der Waals surface area contributed by atoms with Gasteiger partial charge in [-0.3, -0.25) is 0 Å². The second-order valence-corrected chi connectivity index (χ2v) is 6.98. The van der Waals surface area contributed by atoms with Gasteiger partial charge in [-0.1, -0.05) is 31.1 Å². The molecule has 1 aromatic carbocycles. The lowest BCUT2D eigenvalue weighted by molar-refractivity contribution is 0.243. The van der Waals surface area contributed by atoms with Crippen molar-refractivity contribution in [3.63, 3.8) is 0 Å². The van der Waals surface area contributed by atoms with Crippen LogP contribution in [0.4, 0.5) is 4.79 Å². The van der Waals surface area contributed by atoms with Crippen LogP contribution in [0.1, 0.15) is 31.2 Å². The maximum Gasteiger partial charge on any atom is 0.319 e. The van der Waals surface area contributed by atoms with Gasteiger partial charge >= 0.3 is 6.03 Å². The van der Waals surface area contributed by atoms with Crippen molar-refractivity contribution in [2.45, 2.75) is 37.1 Å². The molecule has 0 aromatic heterocycles. The molecule has 1 aliphatic carbocycles. The van der Waals surface area contributed by atoms with Crippen LogP contribution in [0.2, 0.25) is 0 Å². The van der Waals surface area contributed by atoms with Gasteiger partial charge < -0.3 is 10.6 Å². The zero-order valence-corrected chi connectivity index (χ0v) is 13.1. The van der Waals surface area contributed by atoms with Crippen molar-refractivity contribution in [3.05, 3.63) is 42.1 Å². The van der Waals surface area contributed by atoms with Crippen LogP contribution in [0.5, 0.6) is 0 Å². The predicted octanol–water partition coefficient (Wildman–Crippen LogP) is 1.84. The summed E-state index contributed by atoms with van der Waals surface area (Å²) in [5, 5.41) is 10.4. The molecule has 0 spiro atoms. The number of hydrogen-bond donors (Lipinski definition) is 3. The zero-order chi connectivity index (χ0) is 16.0. The monoisotopic (exact) mass is 323 g/mol. The summed E-state index contributed by atoms with van der Waals surface area (Å²) in [6.07, 6.45) is 8.63. The van der Waals surface area contributed by atoms with Crippen LogP contribution in [0, 0.1) is 5.92 Å². The second kappa shape index (κ2) is 7.42. The molecule has 1 aliphatic rings. The first-order valence-electron chi connectivity index (χ1n) is 7.28. The summed E-state index contributed by atoms with van der Waals surface area (Å²) in [4.78, 5) is 11.7. The maximum atomic E-state index is 11.6. The van der Waals surface area contributed by atoms with E-state index in [0.29, 0.717) is 12.5 Å². The summed E-state index contributed by atoms with van der Waals surface area (Å²) >= 11 is 0. The first kappa shape index (κ1) is 16.5. The number of amides is 2. The Hall–Kier alpha value is -1.86. The molecule has 0 heterocycles. The third kappa shape index (κ3) is 5.16. The van der Waals surface area contributed by atoms with Crippen LogP contribution in [0.25, 0.3) is 0 Å². The van der Waals surface area contributed by atoms with E-state index in [2.05, 4.69) is 10.6 Å². The molecule has 0 unspecified atom stereocenters. The van der Waals surface area contributed by atoms with E-state index in [1.807, 2.05) is 6.08 Å². The smallest absolute Gasteiger partial charge is 0.319 e. The summed E-state index contributed by atoms with van der Waals surface area (Å²) < 4.78 is 22.3. The molecule has 0 bridgehead atoms. The van der Waals surface area contributed by atoms with Crippen LogP contribution in [0.3, 0.4) is 0 Å². The number of nitrogens with one attached hydrogen (secondary N) is 2. The SMILES string of the molecule is NS(=O)(=O)c1ccc(CNC(=O)N/C=C/C2CCCC2)cc1. The predicted molar refractivity (Wildman–Crippen MR) is 84.3 cm³/mol. The standard InChI is InChI=1S/C15H21N3O3S/c16-22(20,21)14-7-5-13(6-8-14)11-18-15(19)17-10-9-12-3-1-2-4-12/h5-10,12H,1-4,11H2,(H2,16,20,21)(H2,17,18,19)/b10-9+. The fourth-order valence-electron chi connectivity index (χ4n) is 2.44. The summed E-state index contributed by atoms with van der Waals surface area (Å²) in [6, 6.07) is 5.79. The Labute approximate surface area is 130 Å². The number of sulfonamides is 1. The summed E-state index contributed by atoms with van der Waals surface area (Å²) in [5.41, 5.74) is 0.794. The Kier molecular flexibility index (Phi) is 5.57. The number of carbonyl (C=O) groups excluding carboxylic acids is 1. The Bertz CT molecular complexity index is 633. The molecule has 6 nitrogen and oxygen atoms in total. The van der Waals surface area contributed by atoms with Crippen molar-refractivity contribution in [1.29, 1.82) is 0 Å². The molecule has 4 N–H and O–H groups in total. The van der Waals surface area contributed by atoms with Crippen molar-refractivity contribution < 1.29 is 13.2 Å². The van der Waals surface area contributed by atoms with Crippen molar-refractivity contribution in [3.8, 4) is 0 Å². The fraction of sp³-hybridized carbons (Fsp3) is 0.400. The average Bonchev–Trinajstić information content (AvgIpc) is 2.98. The third-order valence-electron chi connectivity index (χ3n) is 3.69. The van der Waals surface area contributed by atoms with Gasteiger partial charge in [0.05, 0.1) is 4.90 Å². The van der Waals surface area contributed by atoms with Crippen LogP contribution < -0.4 is 15.8 Å². The summed E-state index contributed by atoms with van der Waals surface area (Å²) in [6.45, 7) is 0.313. The Morgan fingerprint density at radius 3 is 2.45 bits per heavy atom. The Balaban J connectivity index is 1.76. The number of urea groups is 1. The van der Waals surface area contributed by atoms with Crippen molar-refractivity contribution in [1.82, 2.24) is 10.6 Å². The number of hydrogen-bond acceptors (Lipinski definition) is 3. The topological polar surface area (TPSA) is 101 Å². The maximum absolute atomic E-state index is 11.6. The lowest BCUT2D eigenvalue weighted by Gasteiger charge is -2.06. The molecule has 22 heavy (non-hydrogen) atoms. The van der Waals surface area contributed by atoms with Gasteiger partial charge in [0.1, 0.15) is 0 Å². The number of benzene rings is 1. The molecule has 7 heteroatoms. The van der Waals surface area contributed by atoms with E-state index in [4.69, 9.17) is 5.14 Å². The number of primary sulfonamides is 1. The minimum absolute atomic E-state index is 0.0557. The quantitative estimate of drug-likeness (QED) is 0.770. The molecule has 0 atom stereocenters. The van der Waals surface area contributed by atoms with Gasteiger partial charge in [-0.05, 0) is 36.5 Å². The first-order valence-corrected chi connectivity index (χ1v) is 8.82. The van der Waals surface area contributed by atoms with Crippen LogP contribution in [0.15, 0.2) is 41.4 Å². The first-order chi connectivity index (χ1) is 10.4. The highest BCUT2D eigenvalue weighted by molar-refractivity contribution is 7.89. The highest BCUT2D eigenvalue weighted by Crippen LogP contribution is 2.25. The minimum atomic E-state index is -3.68. The third-order valence-corrected chi connectivity index (χ3v) is 4.62. The molecule has 120 valence electrons. The Morgan fingerprint density at radius 2 is 1.86 bits per heavy atom. The van der Waals surface area contributed by atoms with E-state index in [1.54, 1.807) is 18.3 Å². The van der Waals surface area contributed by atoms with E-state index in [9.17, 15) is 13.2 Å². The molecule has 1 aromatic rings. The van der Waals surface area contributed by atoms with Gasteiger partial charge in [0, 0.05) is 12.7 Å².